The summed E-state index contributed by atoms with van der Waals surface area (Å²) in [7, 11) is -3.74. The molecule has 4 aromatic rings. The molecule has 2 aromatic heterocycles. The molecule has 0 bridgehead atoms. The van der Waals surface area contributed by atoms with Gasteiger partial charge < -0.3 is 0 Å². The molecule has 2 heterocycles. The van der Waals surface area contributed by atoms with Gasteiger partial charge in [0, 0.05) is 28.6 Å². The molecule has 28 heavy (non-hydrogen) atoms. The van der Waals surface area contributed by atoms with Crippen LogP contribution in [0.3, 0.4) is 0 Å². The van der Waals surface area contributed by atoms with E-state index in [2.05, 4.69) is 9.71 Å². The van der Waals surface area contributed by atoms with Gasteiger partial charge in [-0.1, -0.05) is 48.5 Å². The minimum Gasteiger partial charge on any atom is -0.288 e. The average molecular weight is 409 g/mol. The summed E-state index contributed by atoms with van der Waals surface area (Å²) in [5, 5.41) is 0.761. The van der Waals surface area contributed by atoms with Crippen molar-refractivity contribution in [1.82, 2.24) is 9.71 Å². The molecule has 5 nitrogen and oxygen atoms in total. The Hall–Kier alpha value is -2.87. The number of nitrogens with zero attached hydrogens (tertiary/aromatic N) is 1. The first-order valence-corrected chi connectivity index (χ1v) is 10.9. The maximum atomic E-state index is 12.8. The fraction of sp³-hybridized carbons (Fsp3) is 0.0476. The zero-order valence-electron chi connectivity index (χ0n) is 14.7. The van der Waals surface area contributed by atoms with Crippen LogP contribution < -0.4 is 4.72 Å². The molecule has 7 heteroatoms. The van der Waals surface area contributed by atoms with Gasteiger partial charge in [-0.3, -0.25) is 9.78 Å². The number of aromatic nitrogens is 1. The molecule has 0 atom stereocenters. The summed E-state index contributed by atoms with van der Waals surface area (Å²) in [6.45, 7) is 0.109. The van der Waals surface area contributed by atoms with Crippen LogP contribution in [0.1, 0.15) is 20.1 Å². The van der Waals surface area contributed by atoms with Gasteiger partial charge >= 0.3 is 0 Å². The fourth-order valence-corrected chi connectivity index (χ4v) is 5.05. The first kappa shape index (κ1) is 18.5. The fourth-order valence-electron chi connectivity index (χ4n) is 2.86. The number of para-hydroxylation sites is 1. The number of carbonyl (C=O) groups is 1. The highest BCUT2D eigenvalue weighted by Crippen LogP contribution is 2.23. The van der Waals surface area contributed by atoms with Crippen molar-refractivity contribution >= 4 is 38.0 Å². The van der Waals surface area contributed by atoms with Crippen LogP contribution in [0.4, 0.5) is 0 Å². The Kier molecular flexibility index (Phi) is 5.04. The van der Waals surface area contributed by atoms with Crippen molar-refractivity contribution in [2.75, 3.05) is 0 Å². The predicted octanol–water partition coefficient (Wildman–Crippen LogP) is 4.01. The summed E-state index contributed by atoms with van der Waals surface area (Å²) in [6, 6.07) is 21.1. The molecular formula is C21H16N2O3S2. The van der Waals surface area contributed by atoms with Crippen LogP contribution >= 0.6 is 11.3 Å². The van der Waals surface area contributed by atoms with E-state index in [0.717, 1.165) is 10.3 Å². The second-order valence-corrected chi connectivity index (χ2v) is 9.02. The van der Waals surface area contributed by atoms with E-state index in [1.54, 1.807) is 42.6 Å². The molecule has 0 fully saturated rings. The molecule has 0 saturated heterocycles. The predicted molar refractivity (Wildman–Crippen MR) is 110 cm³/mol. The Balaban J connectivity index is 1.53. The van der Waals surface area contributed by atoms with E-state index in [0.29, 0.717) is 16.0 Å². The molecule has 0 aliphatic carbocycles. The third-order valence-electron chi connectivity index (χ3n) is 4.24. The highest BCUT2D eigenvalue weighted by atomic mass is 32.2. The molecular weight excluding hydrogens is 392 g/mol. The lowest BCUT2D eigenvalue weighted by molar-refractivity contribution is 0.104. The largest absolute Gasteiger partial charge is 0.288 e. The Morgan fingerprint density at radius 2 is 1.71 bits per heavy atom. The van der Waals surface area contributed by atoms with Gasteiger partial charge in [-0.2, -0.15) is 0 Å². The zero-order chi connectivity index (χ0) is 19.6. The highest BCUT2D eigenvalue weighted by molar-refractivity contribution is 7.89. The number of hydrogen-bond donors (Lipinski definition) is 1. The third-order valence-corrected chi connectivity index (χ3v) is 6.76. The lowest BCUT2D eigenvalue weighted by atomic mass is 10.1. The van der Waals surface area contributed by atoms with Gasteiger partial charge in [0.05, 0.1) is 10.4 Å². The number of benzene rings is 2. The van der Waals surface area contributed by atoms with E-state index >= 15 is 0 Å². The normalized spacial score (nSPS) is 11.6. The number of nitrogens with one attached hydrogen (secondary N) is 1. The van der Waals surface area contributed by atoms with Gasteiger partial charge in [0.1, 0.15) is 4.90 Å². The molecule has 1 N–H and O–H groups in total. The van der Waals surface area contributed by atoms with Crippen molar-refractivity contribution in [1.29, 1.82) is 0 Å². The third kappa shape index (κ3) is 3.73. The molecule has 0 amide bonds. The van der Waals surface area contributed by atoms with Crippen molar-refractivity contribution in [2.45, 2.75) is 11.4 Å². The number of thiophene rings is 1. The Bertz CT molecular complexity index is 1240. The number of fused-ring (bicyclic) bond motifs is 1. The van der Waals surface area contributed by atoms with Crippen LogP contribution in [-0.2, 0) is 16.6 Å². The number of sulfonamides is 1. The molecule has 0 spiro atoms. The highest BCUT2D eigenvalue weighted by Gasteiger charge is 2.19. The summed E-state index contributed by atoms with van der Waals surface area (Å²) in [6.07, 6.45) is 1.57. The zero-order valence-corrected chi connectivity index (χ0v) is 16.3. The van der Waals surface area contributed by atoms with Gasteiger partial charge in [-0.25, -0.2) is 13.1 Å². The van der Waals surface area contributed by atoms with Crippen molar-refractivity contribution in [3.63, 3.8) is 0 Å². The van der Waals surface area contributed by atoms with Gasteiger partial charge in [-0.15, -0.1) is 11.3 Å². The quantitative estimate of drug-likeness (QED) is 0.489. The van der Waals surface area contributed by atoms with Crippen LogP contribution in [0, 0.1) is 0 Å². The average Bonchev–Trinajstić information content (AvgIpc) is 3.21. The summed E-state index contributed by atoms with van der Waals surface area (Å²) in [4.78, 5) is 18.2. The minimum atomic E-state index is -3.74. The van der Waals surface area contributed by atoms with E-state index in [9.17, 15) is 13.2 Å². The topological polar surface area (TPSA) is 76.1 Å². The molecule has 4 rings (SSSR count). The lowest BCUT2D eigenvalue weighted by Gasteiger charge is -2.08. The second kappa shape index (κ2) is 7.63. The molecule has 0 aliphatic rings. The van der Waals surface area contributed by atoms with Crippen molar-refractivity contribution in [3.8, 4) is 0 Å². The van der Waals surface area contributed by atoms with Crippen molar-refractivity contribution in [2.24, 2.45) is 0 Å². The number of hydrogen-bond acceptors (Lipinski definition) is 5. The molecule has 0 radical (unpaired) electrons. The number of rotatable bonds is 6. The SMILES string of the molecule is O=C(c1ccccc1)c1ccc(CNS(=O)(=O)c2cccc3cccnc23)s1. The van der Waals surface area contributed by atoms with Gasteiger partial charge in [0.25, 0.3) is 0 Å². The molecule has 0 unspecified atom stereocenters. The second-order valence-electron chi connectivity index (χ2n) is 6.12. The van der Waals surface area contributed by atoms with E-state index in [4.69, 9.17) is 0 Å². The Morgan fingerprint density at radius 3 is 2.54 bits per heavy atom. The standard InChI is InChI=1S/C21H16N2O3S2/c24-21(16-6-2-1-3-7-16)18-12-11-17(27-18)14-23-28(25,26)19-10-4-8-15-9-5-13-22-20(15)19/h1-13,23H,14H2. The summed E-state index contributed by atoms with van der Waals surface area (Å²) in [5.74, 6) is -0.0713. The maximum absolute atomic E-state index is 12.8. The van der Waals surface area contributed by atoms with Crippen LogP contribution in [-0.4, -0.2) is 19.2 Å². The maximum Gasteiger partial charge on any atom is 0.243 e. The van der Waals surface area contributed by atoms with E-state index in [-0.39, 0.29) is 17.2 Å². The van der Waals surface area contributed by atoms with Crippen molar-refractivity contribution < 1.29 is 13.2 Å². The Morgan fingerprint density at radius 1 is 0.929 bits per heavy atom. The number of pyridine rings is 1. The first-order valence-electron chi connectivity index (χ1n) is 8.56. The van der Waals surface area contributed by atoms with Crippen LogP contribution in [0.2, 0.25) is 0 Å². The molecule has 0 saturated carbocycles. The van der Waals surface area contributed by atoms with E-state index in [1.807, 2.05) is 30.3 Å². The summed E-state index contributed by atoms with van der Waals surface area (Å²) in [5.41, 5.74) is 1.04. The van der Waals surface area contributed by atoms with E-state index < -0.39 is 10.0 Å². The monoisotopic (exact) mass is 408 g/mol. The Labute approximate surface area is 166 Å². The van der Waals surface area contributed by atoms with Gasteiger partial charge in [0.15, 0.2) is 0 Å². The first-order chi connectivity index (χ1) is 13.5. The molecule has 0 aliphatic heterocycles. The molecule has 140 valence electrons. The minimum absolute atomic E-state index is 0.0713. The van der Waals surface area contributed by atoms with Gasteiger partial charge in [0.2, 0.25) is 15.8 Å². The number of carbonyl (C=O) groups excluding carboxylic acids is 1. The smallest absolute Gasteiger partial charge is 0.243 e. The number of ketones is 1. The van der Waals surface area contributed by atoms with Gasteiger partial charge in [-0.05, 0) is 24.3 Å². The van der Waals surface area contributed by atoms with Crippen molar-refractivity contribution in [3.05, 3.63) is 94.3 Å². The summed E-state index contributed by atoms with van der Waals surface area (Å²) >= 11 is 1.28. The van der Waals surface area contributed by atoms with Crippen LogP contribution in [0.25, 0.3) is 10.9 Å². The van der Waals surface area contributed by atoms with Crippen LogP contribution in [0.5, 0.6) is 0 Å². The van der Waals surface area contributed by atoms with E-state index in [1.165, 1.54) is 17.4 Å². The van der Waals surface area contributed by atoms with Crippen LogP contribution in [0.15, 0.2) is 83.9 Å². The summed E-state index contributed by atoms with van der Waals surface area (Å²) < 4.78 is 28.1. The molecule has 2 aromatic carbocycles. The lowest BCUT2D eigenvalue weighted by Crippen LogP contribution is -2.23.